The molecule has 0 saturated carbocycles. The van der Waals surface area contributed by atoms with Crippen LogP contribution in [0.4, 0.5) is 5.13 Å². The van der Waals surface area contributed by atoms with Crippen molar-refractivity contribution >= 4 is 22.4 Å². The first-order valence-corrected chi connectivity index (χ1v) is 9.54. The number of fused-ring (bicyclic) bond motifs is 1. The fourth-order valence-electron chi connectivity index (χ4n) is 2.75. The summed E-state index contributed by atoms with van der Waals surface area (Å²) in [4.78, 5) is 14.5. The van der Waals surface area contributed by atoms with E-state index in [9.17, 15) is 4.79 Å². The third-order valence-electron chi connectivity index (χ3n) is 4.25. The molecule has 134 valence electrons. The minimum atomic E-state index is -0.0653. The van der Waals surface area contributed by atoms with E-state index in [1.54, 1.807) is 0 Å². The Morgan fingerprint density at radius 1 is 1.40 bits per heavy atom. The number of carbonyl (C=O) groups is 1. The van der Waals surface area contributed by atoms with Crippen molar-refractivity contribution in [1.29, 1.82) is 0 Å². The molecule has 3 rings (SSSR count). The number of benzene rings is 1. The van der Waals surface area contributed by atoms with Gasteiger partial charge < -0.3 is 4.74 Å². The molecule has 0 unspecified atom stereocenters. The van der Waals surface area contributed by atoms with Crippen LogP contribution < -0.4 is 10.1 Å². The molecule has 0 spiro atoms. The van der Waals surface area contributed by atoms with Crippen molar-refractivity contribution in [3.05, 3.63) is 34.8 Å². The summed E-state index contributed by atoms with van der Waals surface area (Å²) in [6.45, 7) is 5.80. The van der Waals surface area contributed by atoms with E-state index < -0.39 is 0 Å². The van der Waals surface area contributed by atoms with Crippen LogP contribution in [0.5, 0.6) is 5.75 Å². The van der Waals surface area contributed by atoms with Crippen LogP contribution in [0.25, 0.3) is 0 Å². The molecule has 1 aromatic heterocycles. The van der Waals surface area contributed by atoms with E-state index in [1.807, 2.05) is 24.3 Å². The lowest BCUT2D eigenvalue weighted by atomic mass is 10.2. The van der Waals surface area contributed by atoms with Crippen LogP contribution in [0, 0.1) is 0 Å². The summed E-state index contributed by atoms with van der Waals surface area (Å²) in [5.41, 5.74) is 1.11. The van der Waals surface area contributed by atoms with Crippen molar-refractivity contribution < 1.29 is 9.53 Å². The fraction of sp³-hybridized carbons (Fsp3) is 0.500. The molecule has 1 aliphatic rings. The fourth-order valence-corrected chi connectivity index (χ4v) is 3.55. The monoisotopic (exact) mass is 360 g/mol. The SMILES string of the molecule is CCCCc1nnc(NC(=O)CN2Cc3ccccc3OC[C@@H]2C)s1. The van der Waals surface area contributed by atoms with Gasteiger partial charge in [0.1, 0.15) is 17.4 Å². The van der Waals surface area contributed by atoms with Gasteiger partial charge in [-0.05, 0) is 19.4 Å². The normalized spacial score (nSPS) is 17.4. The number of nitrogens with one attached hydrogen (secondary N) is 1. The molecule has 0 radical (unpaired) electrons. The number of hydrogen-bond donors (Lipinski definition) is 1. The van der Waals surface area contributed by atoms with Gasteiger partial charge in [0.05, 0.1) is 6.54 Å². The minimum absolute atomic E-state index is 0.0653. The van der Waals surface area contributed by atoms with Crippen molar-refractivity contribution in [2.75, 3.05) is 18.5 Å². The largest absolute Gasteiger partial charge is 0.492 e. The third-order valence-corrected chi connectivity index (χ3v) is 5.15. The summed E-state index contributed by atoms with van der Waals surface area (Å²) in [6, 6.07) is 8.15. The topological polar surface area (TPSA) is 67.4 Å². The summed E-state index contributed by atoms with van der Waals surface area (Å²) in [5, 5.41) is 12.6. The quantitative estimate of drug-likeness (QED) is 0.857. The molecular formula is C18H24N4O2S. The van der Waals surface area contributed by atoms with E-state index in [0.29, 0.717) is 24.8 Å². The lowest BCUT2D eigenvalue weighted by Crippen LogP contribution is -2.40. The predicted molar refractivity (Wildman–Crippen MR) is 99.0 cm³/mol. The van der Waals surface area contributed by atoms with E-state index in [1.165, 1.54) is 11.3 Å². The molecule has 25 heavy (non-hydrogen) atoms. The zero-order chi connectivity index (χ0) is 17.6. The highest BCUT2D eigenvalue weighted by Gasteiger charge is 2.23. The first-order chi connectivity index (χ1) is 12.2. The average molecular weight is 360 g/mol. The van der Waals surface area contributed by atoms with Crippen LogP contribution in [0.1, 0.15) is 37.3 Å². The van der Waals surface area contributed by atoms with Crippen LogP contribution in [-0.4, -0.2) is 40.2 Å². The Kier molecular flexibility index (Phi) is 5.99. The zero-order valence-corrected chi connectivity index (χ0v) is 15.5. The van der Waals surface area contributed by atoms with Gasteiger partial charge in [-0.25, -0.2) is 0 Å². The van der Waals surface area contributed by atoms with Gasteiger partial charge in [0.25, 0.3) is 0 Å². The molecule has 0 saturated heterocycles. The lowest BCUT2D eigenvalue weighted by Gasteiger charge is -2.24. The van der Waals surface area contributed by atoms with Crippen LogP contribution in [0.3, 0.4) is 0 Å². The number of aryl methyl sites for hydroxylation is 1. The first-order valence-electron chi connectivity index (χ1n) is 8.72. The van der Waals surface area contributed by atoms with E-state index in [-0.39, 0.29) is 11.9 Å². The van der Waals surface area contributed by atoms with Crippen LogP contribution in [0.2, 0.25) is 0 Å². The lowest BCUT2D eigenvalue weighted by molar-refractivity contribution is -0.118. The molecule has 0 fully saturated rings. The molecule has 1 atom stereocenters. The van der Waals surface area contributed by atoms with Crippen molar-refractivity contribution in [2.24, 2.45) is 0 Å². The van der Waals surface area contributed by atoms with Crippen molar-refractivity contribution in [3.63, 3.8) is 0 Å². The number of carbonyl (C=O) groups excluding carboxylic acids is 1. The van der Waals surface area contributed by atoms with Gasteiger partial charge in [-0.3, -0.25) is 15.0 Å². The van der Waals surface area contributed by atoms with Gasteiger partial charge >= 0.3 is 0 Å². The first kappa shape index (κ1) is 17.8. The molecule has 1 amide bonds. The highest BCUT2D eigenvalue weighted by Crippen LogP contribution is 2.24. The second-order valence-electron chi connectivity index (χ2n) is 6.33. The molecule has 2 heterocycles. The van der Waals surface area contributed by atoms with Crippen LogP contribution in [0.15, 0.2) is 24.3 Å². The zero-order valence-electron chi connectivity index (χ0n) is 14.7. The number of hydrogen-bond acceptors (Lipinski definition) is 6. The van der Waals surface area contributed by atoms with E-state index >= 15 is 0 Å². The highest BCUT2D eigenvalue weighted by molar-refractivity contribution is 7.15. The van der Waals surface area contributed by atoms with Gasteiger partial charge in [-0.15, -0.1) is 10.2 Å². The second kappa shape index (κ2) is 8.40. The van der Waals surface area contributed by atoms with Crippen molar-refractivity contribution in [1.82, 2.24) is 15.1 Å². The summed E-state index contributed by atoms with van der Waals surface area (Å²) in [5.74, 6) is 0.839. The molecule has 6 nitrogen and oxygen atoms in total. The highest BCUT2D eigenvalue weighted by atomic mass is 32.1. The smallest absolute Gasteiger partial charge is 0.240 e. The maximum atomic E-state index is 12.4. The van der Waals surface area contributed by atoms with E-state index in [2.05, 4.69) is 34.3 Å². The van der Waals surface area contributed by atoms with Crippen LogP contribution >= 0.6 is 11.3 Å². The maximum absolute atomic E-state index is 12.4. The number of amides is 1. The maximum Gasteiger partial charge on any atom is 0.240 e. The van der Waals surface area contributed by atoms with Gasteiger partial charge in [-0.1, -0.05) is 42.9 Å². The molecule has 0 aliphatic carbocycles. The standard InChI is InChI=1S/C18H24N4O2S/c1-3-4-9-17-20-21-18(25-17)19-16(23)11-22-10-14-7-5-6-8-15(14)24-12-13(22)2/h5-8,13H,3-4,9-12H2,1-2H3,(H,19,21,23)/t13-/m0/s1. The molecule has 1 aliphatic heterocycles. The molecule has 1 N–H and O–H groups in total. The third kappa shape index (κ3) is 4.76. The minimum Gasteiger partial charge on any atom is -0.492 e. The van der Waals surface area contributed by atoms with Gasteiger partial charge in [0.2, 0.25) is 11.0 Å². The summed E-state index contributed by atoms with van der Waals surface area (Å²) in [7, 11) is 0. The van der Waals surface area contributed by atoms with Crippen molar-refractivity contribution in [3.8, 4) is 5.75 Å². The number of rotatable bonds is 6. The molecule has 7 heteroatoms. The average Bonchev–Trinajstić information content (AvgIpc) is 2.98. The second-order valence-corrected chi connectivity index (χ2v) is 7.39. The Hall–Kier alpha value is -1.99. The summed E-state index contributed by atoms with van der Waals surface area (Å²) in [6.07, 6.45) is 3.13. The Labute approximate surface area is 152 Å². The Bertz CT molecular complexity index is 719. The number of unbranched alkanes of at least 4 members (excludes halogenated alkanes) is 1. The predicted octanol–water partition coefficient (Wildman–Crippen LogP) is 3.10. The number of para-hydroxylation sites is 1. The number of nitrogens with zero attached hydrogens (tertiary/aromatic N) is 3. The Morgan fingerprint density at radius 3 is 3.08 bits per heavy atom. The molecule has 2 aromatic rings. The number of ether oxygens (including phenoxy) is 1. The van der Waals surface area contributed by atoms with Crippen LogP contribution in [-0.2, 0) is 17.8 Å². The summed E-state index contributed by atoms with van der Waals surface area (Å²) >= 11 is 1.46. The van der Waals surface area contributed by atoms with Gasteiger partial charge in [0.15, 0.2) is 0 Å². The summed E-state index contributed by atoms with van der Waals surface area (Å²) < 4.78 is 5.84. The number of aromatic nitrogens is 2. The van der Waals surface area contributed by atoms with Crippen molar-refractivity contribution in [2.45, 2.75) is 45.7 Å². The van der Waals surface area contributed by atoms with E-state index in [0.717, 1.165) is 35.6 Å². The molecular weight excluding hydrogens is 336 g/mol. The Balaban J connectivity index is 1.59. The van der Waals surface area contributed by atoms with Gasteiger partial charge in [0, 0.05) is 24.6 Å². The van der Waals surface area contributed by atoms with Gasteiger partial charge in [-0.2, -0.15) is 0 Å². The molecule has 0 bridgehead atoms. The molecule has 1 aromatic carbocycles. The number of anilines is 1. The Morgan fingerprint density at radius 2 is 2.24 bits per heavy atom. The van der Waals surface area contributed by atoms with E-state index in [4.69, 9.17) is 4.74 Å².